The highest BCUT2D eigenvalue weighted by Crippen LogP contribution is 2.08. The first kappa shape index (κ1) is 10.6. The van der Waals surface area contributed by atoms with E-state index >= 15 is 0 Å². The van der Waals surface area contributed by atoms with Gasteiger partial charge in [-0.15, -0.1) is 0 Å². The molecule has 0 spiro atoms. The number of rotatable bonds is 5. The van der Waals surface area contributed by atoms with E-state index in [1.54, 1.807) is 0 Å². The van der Waals surface area contributed by atoms with Crippen LogP contribution >= 0.6 is 0 Å². The predicted molar refractivity (Wildman–Crippen MR) is 59.1 cm³/mol. The Morgan fingerprint density at radius 1 is 1.21 bits per heavy atom. The van der Waals surface area contributed by atoms with E-state index < -0.39 is 0 Å². The van der Waals surface area contributed by atoms with Crippen molar-refractivity contribution in [2.75, 3.05) is 11.9 Å². The molecule has 0 atom stereocenters. The minimum Gasteiger partial charge on any atom is -0.385 e. The van der Waals surface area contributed by atoms with Gasteiger partial charge in [0.05, 0.1) is 6.07 Å². The molecule has 0 radical (unpaired) electrons. The lowest BCUT2D eigenvalue weighted by molar-refractivity contribution is 0.784. The molecule has 1 aromatic rings. The molecule has 2 heteroatoms. The van der Waals surface area contributed by atoms with Crippen LogP contribution < -0.4 is 5.32 Å². The molecule has 0 amide bonds. The molecule has 0 saturated carbocycles. The zero-order valence-corrected chi connectivity index (χ0v) is 8.59. The predicted octanol–water partition coefficient (Wildman–Crippen LogP) is 3.10. The average molecular weight is 188 g/mol. The maximum absolute atomic E-state index is 8.34. The molecule has 14 heavy (non-hydrogen) atoms. The molecule has 0 aliphatic carbocycles. The van der Waals surface area contributed by atoms with Crippen molar-refractivity contribution in [2.45, 2.75) is 26.2 Å². The minimum absolute atomic E-state index is 0.662. The van der Waals surface area contributed by atoms with E-state index in [1.165, 1.54) is 5.56 Å². The van der Waals surface area contributed by atoms with E-state index in [0.29, 0.717) is 6.42 Å². The molecule has 0 bridgehead atoms. The Kier molecular flexibility index (Phi) is 4.57. The summed E-state index contributed by atoms with van der Waals surface area (Å²) in [6, 6.07) is 10.5. The highest BCUT2D eigenvalue weighted by atomic mass is 14.9. The van der Waals surface area contributed by atoms with Gasteiger partial charge in [0.1, 0.15) is 0 Å². The summed E-state index contributed by atoms with van der Waals surface area (Å²) in [5, 5.41) is 11.7. The smallest absolute Gasteiger partial charge is 0.0621 e. The summed E-state index contributed by atoms with van der Waals surface area (Å²) in [6.45, 7) is 3.03. The van der Waals surface area contributed by atoms with E-state index in [4.69, 9.17) is 5.26 Å². The summed E-state index contributed by atoms with van der Waals surface area (Å²) in [5.41, 5.74) is 2.44. The number of nitriles is 1. The molecule has 0 heterocycles. The third-order valence-electron chi connectivity index (χ3n) is 2.10. The van der Waals surface area contributed by atoms with Crippen molar-refractivity contribution in [1.82, 2.24) is 0 Å². The van der Waals surface area contributed by atoms with Gasteiger partial charge in [-0.2, -0.15) is 5.26 Å². The highest BCUT2D eigenvalue weighted by molar-refractivity contribution is 5.44. The highest BCUT2D eigenvalue weighted by Gasteiger charge is 1.91. The quantitative estimate of drug-likeness (QED) is 0.721. The number of aryl methyl sites for hydroxylation is 1. The number of hydrogen-bond donors (Lipinski definition) is 1. The molecular weight excluding hydrogens is 172 g/mol. The number of hydrogen-bond acceptors (Lipinski definition) is 2. The van der Waals surface area contributed by atoms with Gasteiger partial charge in [-0.05, 0) is 31.9 Å². The summed E-state index contributed by atoms with van der Waals surface area (Å²) in [5.74, 6) is 0. The lowest BCUT2D eigenvalue weighted by atomic mass is 10.2. The first-order chi connectivity index (χ1) is 6.83. The zero-order chi connectivity index (χ0) is 10.2. The van der Waals surface area contributed by atoms with E-state index in [2.05, 4.69) is 42.6 Å². The minimum atomic E-state index is 0.662. The summed E-state index contributed by atoms with van der Waals surface area (Å²) in [6.07, 6.45) is 2.70. The molecule has 0 saturated heterocycles. The molecular formula is C12H16N2. The molecule has 0 aliphatic rings. The second-order valence-electron chi connectivity index (χ2n) is 3.41. The van der Waals surface area contributed by atoms with Crippen LogP contribution in [0.4, 0.5) is 5.69 Å². The molecule has 1 rings (SSSR count). The number of nitrogens with one attached hydrogen (secondary N) is 1. The van der Waals surface area contributed by atoms with Gasteiger partial charge in [0.2, 0.25) is 0 Å². The maximum atomic E-state index is 8.34. The monoisotopic (exact) mass is 188 g/mol. The third kappa shape index (κ3) is 3.95. The Hall–Kier alpha value is -1.49. The first-order valence-electron chi connectivity index (χ1n) is 5.00. The lowest BCUT2D eigenvalue weighted by Crippen LogP contribution is -2.00. The lowest BCUT2D eigenvalue weighted by Gasteiger charge is -2.05. The fourth-order valence-electron chi connectivity index (χ4n) is 1.23. The van der Waals surface area contributed by atoms with Crippen LogP contribution in [0.1, 0.15) is 24.8 Å². The Balaban J connectivity index is 2.19. The van der Waals surface area contributed by atoms with Crippen LogP contribution in [0.25, 0.3) is 0 Å². The van der Waals surface area contributed by atoms with Crippen LogP contribution in [-0.4, -0.2) is 6.54 Å². The Bertz CT molecular complexity index is 295. The van der Waals surface area contributed by atoms with Gasteiger partial charge in [0.15, 0.2) is 0 Å². The van der Waals surface area contributed by atoms with Gasteiger partial charge in [-0.3, -0.25) is 0 Å². The molecule has 1 N–H and O–H groups in total. The van der Waals surface area contributed by atoms with E-state index in [-0.39, 0.29) is 0 Å². The van der Waals surface area contributed by atoms with E-state index in [1.807, 2.05) is 0 Å². The van der Waals surface area contributed by atoms with Gasteiger partial charge in [-0.1, -0.05) is 17.7 Å². The molecule has 0 aliphatic heterocycles. The number of unbranched alkanes of at least 4 members (excludes halogenated alkanes) is 2. The van der Waals surface area contributed by atoms with E-state index in [9.17, 15) is 0 Å². The topological polar surface area (TPSA) is 35.8 Å². The largest absolute Gasteiger partial charge is 0.385 e. The summed E-state index contributed by atoms with van der Waals surface area (Å²) in [7, 11) is 0. The van der Waals surface area contributed by atoms with Crippen molar-refractivity contribution in [2.24, 2.45) is 0 Å². The molecule has 0 unspecified atom stereocenters. The third-order valence-corrected chi connectivity index (χ3v) is 2.10. The normalized spacial score (nSPS) is 9.43. The van der Waals surface area contributed by atoms with Gasteiger partial charge < -0.3 is 5.32 Å². The second-order valence-corrected chi connectivity index (χ2v) is 3.41. The van der Waals surface area contributed by atoms with Crippen LogP contribution in [0.5, 0.6) is 0 Å². The van der Waals surface area contributed by atoms with Gasteiger partial charge in [-0.25, -0.2) is 0 Å². The molecule has 1 aromatic carbocycles. The molecule has 0 aromatic heterocycles. The van der Waals surface area contributed by atoms with Crippen LogP contribution in [-0.2, 0) is 0 Å². The average Bonchev–Trinajstić information content (AvgIpc) is 2.21. The van der Waals surface area contributed by atoms with Crippen LogP contribution in [0.15, 0.2) is 24.3 Å². The van der Waals surface area contributed by atoms with Crippen molar-refractivity contribution in [3.8, 4) is 6.07 Å². The van der Waals surface area contributed by atoms with Crippen LogP contribution in [0.2, 0.25) is 0 Å². The number of anilines is 1. The van der Waals surface area contributed by atoms with Crippen molar-refractivity contribution in [3.05, 3.63) is 29.8 Å². The van der Waals surface area contributed by atoms with Crippen molar-refractivity contribution in [3.63, 3.8) is 0 Å². The molecule has 2 nitrogen and oxygen atoms in total. The first-order valence-corrected chi connectivity index (χ1v) is 5.00. The molecule has 74 valence electrons. The van der Waals surface area contributed by atoms with Crippen molar-refractivity contribution < 1.29 is 0 Å². The number of benzene rings is 1. The Morgan fingerprint density at radius 3 is 2.57 bits per heavy atom. The van der Waals surface area contributed by atoms with Gasteiger partial charge in [0, 0.05) is 18.7 Å². The Morgan fingerprint density at radius 2 is 1.93 bits per heavy atom. The maximum Gasteiger partial charge on any atom is 0.0621 e. The van der Waals surface area contributed by atoms with Crippen LogP contribution in [0, 0.1) is 18.3 Å². The van der Waals surface area contributed by atoms with Gasteiger partial charge in [0.25, 0.3) is 0 Å². The molecule has 0 fully saturated rings. The fraction of sp³-hybridized carbons (Fsp3) is 0.417. The van der Waals surface area contributed by atoms with Crippen molar-refractivity contribution >= 4 is 5.69 Å². The zero-order valence-electron chi connectivity index (χ0n) is 8.59. The van der Waals surface area contributed by atoms with Crippen molar-refractivity contribution in [1.29, 1.82) is 5.26 Å². The van der Waals surface area contributed by atoms with E-state index in [0.717, 1.165) is 25.1 Å². The Labute approximate surface area is 85.6 Å². The summed E-state index contributed by atoms with van der Waals surface area (Å²) in [4.78, 5) is 0. The second kappa shape index (κ2) is 6.04. The summed E-state index contributed by atoms with van der Waals surface area (Å²) < 4.78 is 0. The number of nitrogens with zero attached hydrogens (tertiary/aromatic N) is 1. The standard InChI is InChI=1S/C12H16N2/c1-11-5-7-12(8-6-11)14-10-4-2-3-9-13/h5-8,14H,2-4,10H2,1H3. The van der Waals surface area contributed by atoms with Gasteiger partial charge >= 0.3 is 0 Å². The van der Waals surface area contributed by atoms with Crippen LogP contribution in [0.3, 0.4) is 0 Å². The fourth-order valence-corrected chi connectivity index (χ4v) is 1.23. The summed E-state index contributed by atoms with van der Waals surface area (Å²) >= 11 is 0. The SMILES string of the molecule is Cc1ccc(NCCCCC#N)cc1.